The lowest BCUT2D eigenvalue weighted by Gasteiger charge is -2.21. The second-order valence-corrected chi connectivity index (χ2v) is 8.77. The number of ketones is 1. The Morgan fingerprint density at radius 2 is 1.94 bits per heavy atom. The van der Waals surface area contributed by atoms with Gasteiger partial charge in [0.05, 0.1) is 43.3 Å². The topological polar surface area (TPSA) is 82.5 Å². The van der Waals surface area contributed by atoms with Crippen LogP contribution in [0.5, 0.6) is 5.88 Å². The number of carbonyl (C=O) groups excluding carboxylic acids is 2. The first-order valence-corrected chi connectivity index (χ1v) is 12.2. The monoisotopic (exact) mass is 475 g/mol. The van der Waals surface area contributed by atoms with Crippen LogP contribution >= 0.6 is 0 Å². The number of aromatic nitrogens is 2. The van der Waals surface area contributed by atoms with Gasteiger partial charge in [0, 0.05) is 24.7 Å². The number of rotatable bonds is 10. The van der Waals surface area contributed by atoms with Crippen molar-refractivity contribution in [1.29, 1.82) is 0 Å². The zero-order valence-electron chi connectivity index (χ0n) is 20.6. The third kappa shape index (κ3) is 5.30. The molecule has 7 nitrogen and oxygen atoms in total. The van der Waals surface area contributed by atoms with Crippen LogP contribution in [0.3, 0.4) is 0 Å². The second kappa shape index (κ2) is 11.3. The number of nitrogens with zero attached hydrogens (tertiary/aromatic N) is 2. The Morgan fingerprint density at radius 3 is 2.66 bits per heavy atom. The van der Waals surface area contributed by atoms with E-state index in [0.29, 0.717) is 43.3 Å². The van der Waals surface area contributed by atoms with Crippen LogP contribution in [-0.2, 0) is 17.9 Å². The first-order chi connectivity index (χ1) is 17.1. The molecule has 0 radical (unpaired) electrons. The molecule has 2 atom stereocenters. The Bertz CT molecular complexity index is 1170. The normalized spacial score (nSPS) is 14.6. The zero-order valence-corrected chi connectivity index (χ0v) is 20.6. The summed E-state index contributed by atoms with van der Waals surface area (Å²) in [5.41, 5.74) is 3.80. The Morgan fingerprint density at radius 1 is 1.14 bits per heavy atom. The minimum atomic E-state index is -0.185. The predicted molar refractivity (Wildman–Crippen MR) is 134 cm³/mol. The maximum absolute atomic E-state index is 13.5. The molecule has 7 heteroatoms. The van der Waals surface area contributed by atoms with Crippen LogP contribution in [0.15, 0.2) is 54.7 Å². The largest absolute Gasteiger partial charge is 0.481 e. The van der Waals surface area contributed by atoms with Crippen LogP contribution in [-0.4, -0.2) is 35.0 Å². The van der Waals surface area contributed by atoms with E-state index in [1.54, 1.807) is 19.4 Å². The summed E-state index contributed by atoms with van der Waals surface area (Å²) >= 11 is 0. The first kappa shape index (κ1) is 24.7. The molecule has 1 aliphatic heterocycles. The van der Waals surface area contributed by atoms with Crippen LogP contribution < -0.4 is 10.1 Å². The van der Waals surface area contributed by atoms with Crippen molar-refractivity contribution in [2.45, 2.75) is 58.2 Å². The SMILES string of the molecule is CC[C@@H](CC(=O)c1cc(C(=O)N[C@H](CC)c2ccccc2)c2n1CCOC2)c1cccnc1OC. The molecule has 0 fully saturated rings. The molecule has 1 aliphatic rings. The van der Waals surface area contributed by atoms with Gasteiger partial charge in [-0.15, -0.1) is 0 Å². The Labute approximate surface area is 206 Å². The van der Waals surface area contributed by atoms with E-state index in [-0.39, 0.29) is 23.7 Å². The number of nitrogens with one attached hydrogen (secondary N) is 1. The molecule has 0 bridgehead atoms. The number of benzene rings is 1. The van der Waals surface area contributed by atoms with Crippen LogP contribution in [0, 0.1) is 0 Å². The molecule has 4 rings (SSSR count). The number of hydrogen-bond acceptors (Lipinski definition) is 5. The van der Waals surface area contributed by atoms with Crippen molar-refractivity contribution < 1.29 is 19.1 Å². The summed E-state index contributed by atoms with van der Waals surface area (Å²) in [6.45, 7) is 5.47. The quantitative estimate of drug-likeness (QED) is 0.414. The van der Waals surface area contributed by atoms with Crippen LogP contribution in [0.1, 0.15) is 82.7 Å². The molecule has 0 aliphatic carbocycles. The molecular formula is C28H33N3O4. The molecule has 3 aromatic rings. The van der Waals surface area contributed by atoms with E-state index in [0.717, 1.165) is 29.7 Å². The molecule has 0 unspecified atom stereocenters. The highest BCUT2D eigenvalue weighted by atomic mass is 16.5. The standard InChI is InChI=1S/C28H33N3O4/c1-4-19(21-12-9-13-29-28(21)34-3)16-26(32)24-17-22(25-18-35-15-14-31(24)25)27(33)30-23(5-2)20-10-7-6-8-11-20/h6-13,17,19,23H,4-5,14-16,18H2,1-3H3,(H,30,33)/t19-,23+/m0/s1. The number of hydrogen-bond donors (Lipinski definition) is 1. The van der Waals surface area contributed by atoms with Crippen LogP contribution in [0.25, 0.3) is 0 Å². The van der Waals surface area contributed by atoms with Crippen molar-refractivity contribution in [3.05, 3.63) is 82.8 Å². The zero-order chi connectivity index (χ0) is 24.8. The highest BCUT2D eigenvalue weighted by Gasteiger charge is 2.29. The Kier molecular flexibility index (Phi) is 7.98. The van der Waals surface area contributed by atoms with Crippen LogP contribution in [0.4, 0.5) is 0 Å². The van der Waals surface area contributed by atoms with Gasteiger partial charge in [0.1, 0.15) is 0 Å². The van der Waals surface area contributed by atoms with Gasteiger partial charge in [0.25, 0.3) is 5.91 Å². The highest BCUT2D eigenvalue weighted by Crippen LogP contribution is 2.32. The fraction of sp³-hybridized carbons (Fsp3) is 0.393. The van der Waals surface area contributed by atoms with Crippen molar-refractivity contribution in [2.75, 3.05) is 13.7 Å². The summed E-state index contributed by atoms with van der Waals surface area (Å²) in [7, 11) is 1.59. The molecule has 35 heavy (non-hydrogen) atoms. The Hall–Kier alpha value is -3.45. The second-order valence-electron chi connectivity index (χ2n) is 8.77. The molecule has 184 valence electrons. The molecule has 3 heterocycles. The fourth-order valence-electron chi connectivity index (χ4n) is 4.78. The van der Waals surface area contributed by atoms with Gasteiger partial charge in [-0.3, -0.25) is 9.59 Å². The summed E-state index contributed by atoms with van der Waals surface area (Å²) < 4.78 is 13.0. The van der Waals surface area contributed by atoms with E-state index in [4.69, 9.17) is 9.47 Å². The minimum Gasteiger partial charge on any atom is -0.481 e. The van der Waals surface area contributed by atoms with E-state index >= 15 is 0 Å². The minimum absolute atomic E-state index is 0.0000528. The van der Waals surface area contributed by atoms with Gasteiger partial charge in [-0.25, -0.2) is 4.98 Å². The van der Waals surface area contributed by atoms with Gasteiger partial charge >= 0.3 is 0 Å². The van der Waals surface area contributed by atoms with Gasteiger partial charge in [-0.2, -0.15) is 0 Å². The van der Waals surface area contributed by atoms with E-state index in [1.807, 2.05) is 54.0 Å². The van der Waals surface area contributed by atoms with Gasteiger partial charge in [0.15, 0.2) is 5.78 Å². The number of fused-ring (bicyclic) bond motifs is 1. The molecule has 2 aromatic heterocycles. The van der Waals surface area contributed by atoms with Crippen molar-refractivity contribution in [1.82, 2.24) is 14.9 Å². The van der Waals surface area contributed by atoms with Crippen molar-refractivity contribution in [3.63, 3.8) is 0 Å². The molecular weight excluding hydrogens is 442 g/mol. The first-order valence-electron chi connectivity index (χ1n) is 12.2. The summed E-state index contributed by atoms with van der Waals surface area (Å²) in [6, 6.07) is 15.4. The third-order valence-electron chi connectivity index (χ3n) is 6.71. The number of pyridine rings is 1. The van der Waals surface area contributed by atoms with Gasteiger partial charge < -0.3 is 19.4 Å². The van der Waals surface area contributed by atoms with E-state index < -0.39 is 0 Å². The van der Waals surface area contributed by atoms with Crippen LogP contribution in [0.2, 0.25) is 0 Å². The van der Waals surface area contributed by atoms with Crippen molar-refractivity contribution >= 4 is 11.7 Å². The lowest BCUT2D eigenvalue weighted by Crippen LogP contribution is -2.29. The summed E-state index contributed by atoms with van der Waals surface area (Å²) in [5, 5.41) is 3.15. The Balaban J connectivity index is 1.60. The average Bonchev–Trinajstić information content (AvgIpc) is 3.30. The smallest absolute Gasteiger partial charge is 0.253 e. The van der Waals surface area contributed by atoms with Gasteiger partial charge in [-0.1, -0.05) is 50.2 Å². The van der Waals surface area contributed by atoms with E-state index in [2.05, 4.69) is 17.2 Å². The van der Waals surface area contributed by atoms with Gasteiger partial charge in [-0.05, 0) is 36.5 Å². The predicted octanol–water partition coefficient (Wildman–Crippen LogP) is 5.07. The molecule has 1 aromatic carbocycles. The van der Waals surface area contributed by atoms with Crippen molar-refractivity contribution in [3.8, 4) is 5.88 Å². The third-order valence-corrected chi connectivity index (χ3v) is 6.71. The average molecular weight is 476 g/mol. The summed E-state index contributed by atoms with van der Waals surface area (Å²) in [4.78, 5) is 31.2. The van der Waals surface area contributed by atoms with Crippen molar-refractivity contribution in [2.24, 2.45) is 0 Å². The molecule has 1 N–H and O–H groups in total. The summed E-state index contributed by atoms with van der Waals surface area (Å²) in [5.74, 6) is 0.330. The lowest BCUT2D eigenvalue weighted by atomic mass is 9.91. The lowest BCUT2D eigenvalue weighted by molar-refractivity contribution is 0.0780. The maximum Gasteiger partial charge on any atom is 0.253 e. The number of Topliss-reactive ketones (excluding diaryl/α,β-unsaturated/α-hetero) is 1. The molecule has 0 spiro atoms. The molecule has 0 saturated carbocycles. The fourth-order valence-corrected chi connectivity index (χ4v) is 4.78. The van der Waals surface area contributed by atoms with E-state index in [9.17, 15) is 9.59 Å². The van der Waals surface area contributed by atoms with E-state index in [1.165, 1.54) is 0 Å². The van der Waals surface area contributed by atoms with Gasteiger partial charge in [0.2, 0.25) is 5.88 Å². The summed E-state index contributed by atoms with van der Waals surface area (Å²) in [6.07, 6.45) is 3.53. The number of carbonyl (C=O) groups is 2. The highest BCUT2D eigenvalue weighted by molar-refractivity contribution is 6.01. The number of ether oxygens (including phenoxy) is 2. The molecule has 0 saturated heterocycles. The number of amides is 1. The molecule has 1 amide bonds. The maximum atomic E-state index is 13.5. The number of methoxy groups -OCH3 is 1.